The Balaban J connectivity index is 1.43. The van der Waals surface area contributed by atoms with Gasteiger partial charge in [0, 0.05) is 48.7 Å². The van der Waals surface area contributed by atoms with Crippen LogP contribution in [-0.2, 0) is 6.54 Å². The molecule has 1 aliphatic carbocycles. The molecule has 0 N–H and O–H groups in total. The smallest absolute Gasteiger partial charge is 0.254 e. The first-order chi connectivity index (χ1) is 17.6. The SMILES string of the molecule is Cc1ccccc1[C@@H]1CN(Cc2ccccc2Cl)C[C@@H]1CN(C(=O)c1ccccc1)C1CCCCC1. The molecule has 1 saturated heterocycles. The van der Waals surface area contributed by atoms with E-state index < -0.39 is 0 Å². The highest BCUT2D eigenvalue weighted by Gasteiger charge is 2.38. The van der Waals surface area contributed by atoms with Gasteiger partial charge in [0.2, 0.25) is 0 Å². The summed E-state index contributed by atoms with van der Waals surface area (Å²) in [6.45, 7) is 5.82. The summed E-state index contributed by atoms with van der Waals surface area (Å²) in [6, 6.07) is 27.2. The summed E-state index contributed by atoms with van der Waals surface area (Å²) in [5.74, 6) is 0.960. The Bertz CT molecular complexity index is 1160. The van der Waals surface area contributed by atoms with Crippen molar-refractivity contribution in [1.82, 2.24) is 9.80 Å². The van der Waals surface area contributed by atoms with Gasteiger partial charge in [0.25, 0.3) is 5.91 Å². The highest BCUT2D eigenvalue weighted by atomic mass is 35.5. The van der Waals surface area contributed by atoms with E-state index in [0.717, 1.165) is 49.6 Å². The molecular formula is C32H37ClN2O. The molecular weight excluding hydrogens is 464 g/mol. The summed E-state index contributed by atoms with van der Waals surface area (Å²) < 4.78 is 0. The summed E-state index contributed by atoms with van der Waals surface area (Å²) in [6.07, 6.45) is 5.94. The Labute approximate surface area is 221 Å². The monoisotopic (exact) mass is 500 g/mol. The lowest BCUT2D eigenvalue weighted by molar-refractivity contribution is 0.0588. The van der Waals surface area contributed by atoms with Crippen LogP contribution in [0.4, 0.5) is 0 Å². The molecule has 36 heavy (non-hydrogen) atoms. The number of rotatable bonds is 7. The number of likely N-dealkylation sites (tertiary alicyclic amines) is 1. The zero-order valence-electron chi connectivity index (χ0n) is 21.3. The fraction of sp³-hybridized carbons (Fsp3) is 0.406. The van der Waals surface area contributed by atoms with Crippen LogP contribution in [0.1, 0.15) is 65.1 Å². The molecule has 0 aromatic heterocycles. The molecule has 1 heterocycles. The zero-order chi connectivity index (χ0) is 24.9. The van der Waals surface area contributed by atoms with Gasteiger partial charge in [-0.2, -0.15) is 0 Å². The molecule has 0 unspecified atom stereocenters. The minimum absolute atomic E-state index is 0.190. The molecule has 3 nitrogen and oxygen atoms in total. The second-order valence-corrected chi connectivity index (χ2v) is 11.0. The van der Waals surface area contributed by atoms with Crippen LogP contribution in [0.3, 0.4) is 0 Å². The van der Waals surface area contributed by atoms with Gasteiger partial charge in [0.05, 0.1) is 0 Å². The number of benzene rings is 3. The topological polar surface area (TPSA) is 23.6 Å². The predicted molar refractivity (Wildman–Crippen MR) is 148 cm³/mol. The van der Waals surface area contributed by atoms with E-state index in [1.165, 1.54) is 36.0 Å². The summed E-state index contributed by atoms with van der Waals surface area (Å²) >= 11 is 6.53. The Morgan fingerprint density at radius 2 is 1.58 bits per heavy atom. The lowest BCUT2D eigenvalue weighted by atomic mass is 9.85. The Morgan fingerprint density at radius 1 is 0.889 bits per heavy atom. The molecule has 2 aliphatic rings. The third-order valence-corrected chi connectivity index (χ3v) is 8.55. The van der Waals surface area contributed by atoms with Crippen LogP contribution < -0.4 is 0 Å². The van der Waals surface area contributed by atoms with E-state index >= 15 is 0 Å². The van der Waals surface area contributed by atoms with Crippen molar-refractivity contribution in [2.45, 2.75) is 57.5 Å². The number of nitrogens with zero attached hydrogens (tertiary/aromatic N) is 2. The van der Waals surface area contributed by atoms with Gasteiger partial charge in [-0.3, -0.25) is 9.69 Å². The summed E-state index contributed by atoms with van der Waals surface area (Å²) in [5, 5.41) is 0.830. The largest absolute Gasteiger partial charge is 0.335 e. The van der Waals surface area contributed by atoms with Crippen molar-refractivity contribution in [3.05, 3.63) is 106 Å². The van der Waals surface area contributed by atoms with Gasteiger partial charge < -0.3 is 4.90 Å². The summed E-state index contributed by atoms with van der Waals surface area (Å²) in [7, 11) is 0. The minimum Gasteiger partial charge on any atom is -0.335 e. The Morgan fingerprint density at radius 3 is 2.33 bits per heavy atom. The highest BCUT2D eigenvalue weighted by molar-refractivity contribution is 6.31. The van der Waals surface area contributed by atoms with Crippen LogP contribution in [0, 0.1) is 12.8 Å². The van der Waals surface area contributed by atoms with Crippen LogP contribution in [0.15, 0.2) is 78.9 Å². The fourth-order valence-electron chi connectivity index (χ4n) is 6.29. The van der Waals surface area contributed by atoms with Crippen molar-refractivity contribution < 1.29 is 4.79 Å². The second kappa shape index (κ2) is 11.6. The van der Waals surface area contributed by atoms with Crippen molar-refractivity contribution >= 4 is 17.5 Å². The number of hydrogen-bond donors (Lipinski definition) is 0. The molecule has 0 bridgehead atoms. The molecule has 0 spiro atoms. The number of halogens is 1. The van der Waals surface area contributed by atoms with Gasteiger partial charge in [-0.25, -0.2) is 0 Å². The van der Waals surface area contributed by atoms with Crippen LogP contribution in [0.25, 0.3) is 0 Å². The average molecular weight is 501 g/mol. The maximum absolute atomic E-state index is 13.9. The Kier molecular flexibility index (Phi) is 8.09. The molecule has 5 rings (SSSR count). The molecule has 0 radical (unpaired) electrons. The van der Waals surface area contributed by atoms with Crippen LogP contribution >= 0.6 is 11.6 Å². The molecule has 1 aliphatic heterocycles. The number of amides is 1. The van der Waals surface area contributed by atoms with E-state index in [1.807, 2.05) is 42.5 Å². The summed E-state index contributed by atoms with van der Waals surface area (Å²) in [4.78, 5) is 18.6. The van der Waals surface area contributed by atoms with E-state index in [4.69, 9.17) is 11.6 Å². The quantitative estimate of drug-likeness (QED) is 0.339. The molecule has 1 amide bonds. The van der Waals surface area contributed by atoms with Crippen molar-refractivity contribution in [2.24, 2.45) is 5.92 Å². The normalized spacial score (nSPS) is 20.9. The average Bonchev–Trinajstić information content (AvgIpc) is 3.31. The molecule has 4 heteroatoms. The molecule has 3 aromatic rings. The number of carbonyl (C=O) groups is 1. The first-order valence-corrected chi connectivity index (χ1v) is 13.8. The lowest BCUT2D eigenvalue weighted by Crippen LogP contribution is -2.45. The molecule has 188 valence electrons. The van der Waals surface area contributed by atoms with E-state index in [2.05, 4.69) is 53.1 Å². The molecule has 2 fully saturated rings. The van der Waals surface area contributed by atoms with Gasteiger partial charge in [-0.15, -0.1) is 0 Å². The number of aryl methyl sites for hydroxylation is 1. The second-order valence-electron chi connectivity index (χ2n) is 10.6. The fourth-order valence-corrected chi connectivity index (χ4v) is 6.48. The third-order valence-electron chi connectivity index (χ3n) is 8.18. The number of hydrogen-bond acceptors (Lipinski definition) is 2. The maximum Gasteiger partial charge on any atom is 0.254 e. The molecule has 2 atom stereocenters. The molecule has 3 aromatic carbocycles. The van der Waals surface area contributed by atoms with E-state index in [-0.39, 0.29) is 5.91 Å². The van der Waals surface area contributed by atoms with E-state index in [9.17, 15) is 4.79 Å². The molecule has 1 saturated carbocycles. The summed E-state index contributed by atoms with van der Waals surface area (Å²) in [5.41, 5.74) is 4.74. The lowest BCUT2D eigenvalue weighted by Gasteiger charge is -2.37. The van der Waals surface area contributed by atoms with Crippen LogP contribution in [-0.4, -0.2) is 41.4 Å². The van der Waals surface area contributed by atoms with Crippen molar-refractivity contribution in [2.75, 3.05) is 19.6 Å². The van der Waals surface area contributed by atoms with Gasteiger partial charge in [0.15, 0.2) is 0 Å². The van der Waals surface area contributed by atoms with Crippen molar-refractivity contribution in [1.29, 1.82) is 0 Å². The van der Waals surface area contributed by atoms with Crippen LogP contribution in [0.2, 0.25) is 5.02 Å². The third kappa shape index (κ3) is 5.68. The Hall–Kier alpha value is -2.62. The van der Waals surface area contributed by atoms with Crippen molar-refractivity contribution in [3.63, 3.8) is 0 Å². The maximum atomic E-state index is 13.9. The first-order valence-electron chi connectivity index (χ1n) is 13.5. The van der Waals surface area contributed by atoms with E-state index in [0.29, 0.717) is 17.9 Å². The predicted octanol–water partition coefficient (Wildman–Crippen LogP) is 7.34. The van der Waals surface area contributed by atoms with Gasteiger partial charge >= 0.3 is 0 Å². The standard InChI is InChI=1S/C32H37ClN2O/c1-24-12-8-10-18-29(24)30-23-34(20-26-15-9-11-19-31(26)33)21-27(30)22-35(28-16-6-3-7-17-28)32(36)25-13-4-2-5-14-25/h2,4-5,8-15,18-19,27-28,30H,3,6-7,16-17,20-23H2,1H3/t27-,30-/m1/s1. The van der Waals surface area contributed by atoms with E-state index in [1.54, 1.807) is 0 Å². The van der Waals surface area contributed by atoms with Crippen molar-refractivity contribution in [3.8, 4) is 0 Å². The van der Waals surface area contributed by atoms with Gasteiger partial charge in [-0.1, -0.05) is 91.5 Å². The minimum atomic E-state index is 0.190. The van der Waals surface area contributed by atoms with Gasteiger partial charge in [-0.05, 0) is 60.6 Å². The highest BCUT2D eigenvalue weighted by Crippen LogP contribution is 2.37. The van der Waals surface area contributed by atoms with Gasteiger partial charge in [0.1, 0.15) is 0 Å². The number of carbonyl (C=O) groups excluding carboxylic acids is 1. The van der Waals surface area contributed by atoms with Crippen LogP contribution in [0.5, 0.6) is 0 Å². The zero-order valence-corrected chi connectivity index (χ0v) is 22.0. The first kappa shape index (κ1) is 25.0.